The Hall–Kier alpha value is -1.65. The Balaban J connectivity index is 1.60. The lowest BCUT2D eigenvalue weighted by atomic mass is 10.2. The third-order valence-electron chi connectivity index (χ3n) is 4.13. The minimum Gasteiger partial charge on any atom is -0.372 e. The van der Waals surface area contributed by atoms with Crippen molar-refractivity contribution in [2.45, 2.75) is 22.6 Å². The quantitative estimate of drug-likeness (QED) is 0.873. The first kappa shape index (κ1) is 14.9. The number of amidine groups is 1. The molecule has 1 N–H and O–H groups in total. The Morgan fingerprint density at radius 3 is 2.87 bits per heavy atom. The number of benzene rings is 2. The maximum absolute atomic E-state index is 6.24. The van der Waals surface area contributed by atoms with Gasteiger partial charge in [0.1, 0.15) is 0 Å². The first-order valence-corrected chi connectivity index (χ1v) is 9.12. The average Bonchev–Trinajstić information content (AvgIpc) is 3.08. The van der Waals surface area contributed by atoms with Crippen molar-refractivity contribution < 1.29 is 0 Å². The number of nitrogens with one attached hydrogen (secondary N) is 1. The standard InChI is InChI=1S/C18H18ClN3S/c19-13-7-8-17-15(12-13)22(11-10-21-18-6-3-9-20-18)14-4-1-2-5-16(14)23-17/h1-2,4-5,7-8,12H,3,6,9-11H2,(H,20,21). The van der Waals surface area contributed by atoms with Gasteiger partial charge in [-0.1, -0.05) is 35.5 Å². The first-order chi connectivity index (χ1) is 11.3. The topological polar surface area (TPSA) is 27.6 Å². The SMILES string of the molecule is Clc1ccc2c(c1)N(CCNC1=NCCC1)c1ccccc1S2. The van der Waals surface area contributed by atoms with Gasteiger partial charge >= 0.3 is 0 Å². The third kappa shape index (κ3) is 3.06. The third-order valence-corrected chi connectivity index (χ3v) is 5.49. The molecule has 2 aliphatic heterocycles. The zero-order chi connectivity index (χ0) is 15.6. The van der Waals surface area contributed by atoms with Gasteiger partial charge in [0.2, 0.25) is 0 Å². The van der Waals surface area contributed by atoms with Crippen LogP contribution in [0.3, 0.4) is 0 Å². The van der Waals surface area contributed by atoms with Crippen LogP contribution in [-0.2, 0) is 0 Å². The molecule has 0 fully saturated rings. The van der Waals surface area contributed by atoms with Crippen molar-refractivity contribution in [2.24, 2.45) is 4.99 Å². The number of rotatable bonds is 3. The van der Waals surface area contributed by atoms with Crippen LogP contribution in [0.4, 0.5) is 11.4 Å². The van der Waals surface area contributed by atoms with Crippen LogP contribution in [0.1, 0.15) is 12.8 Å². The second kappa shape index (κ2) is 6.46. The number of nitrogens with zero attached hydrogens (tertiary/aromatic N) is 2. The molecule has 0 saturated carbocycles. The lowest BCUT2D eigenvalue weighted by molar-refractivity contribution is 0.825. The Labute approximate surface area is 145 Å². The lowest BCUT2D eigenvalue weighted by Gasteiger charge is -2.33. The summed E-state index contributed by atoms with van der Waals surface area (Å²) in [4.78, 5) is 9.39. The van der Waals surface area contributed by atoms with Gasteiger partial charge in [-0.25, -0.2) is 0 Å². The number of halogens is 1. The van der Waals surface area contributed by atoms with E-state index in [9.17, 15) is 0 Å². The highest BCUT2D eigenvalue weighted by Gasteiger charge is 2.23. The molecule has 2 heterocycles. The number of anilines is 2. The Kier molecular flexibility index (Phi) is 4.19. The number of hydrogen-bond donors (Lipinski definition) is 1. The van der Waals surface area contributed by atoms with E-state index in [-0.39, 0.29) is 0 Å². The van der Waals surface area contributed by atoms with Crippen molar-refractivity contribution in [1.29, 1.82) is 0 Å². The summed E-state index contributed by atoms with van der Waals surface area (Å²) < 4.78 is 0. The summed E-state index contributed by atoms with van der Waals surface area (Å²) in [6.45, 7) is 2.73. The van der Waals surface area contributed by atoms with Gasteiger partial charge in [0.25, 0.3) is 0 Å². The summed E-state index contributed by atoms with van der Waals surface area (Å²) in [5.74, 6) is 1.15. The molecule has 0 aliphatic carbocycles. The molecule has 0 aromatic heterocycles. The molecular weight excluding hydrogens is 326 g/mol. The molecule has 0 bridgehead atoms. The van der Waals surface area contributed by atoms with Gasteiger partial charge in [-0.2, -0.15) is 0 Å². The highest BCUT2D eigenvalue weighted by Crippen LogP contribution is 2.48. The van der Waals surface area contributed by atoms with Crippen molar-refractivity contribution in [3.63, 3.8) is 0 Å². The van der Waals surface area contributed by atoms with Crippen LogP contribution in [0.15, 0.2) is 57.2 Å². The van der Waals surface area contributed by atoms with E-state index in [1.807, 2.05) is 17.8 Å². The van der Waals surface area contributed by atoms with Crippen LogP contribution >= 0.6 is 23.4 Å². The molecule has 2 aliphatic rings. The van der Waals surface area contributed by atoms with E-state index in [1.165, 1.54) is 27.6 Å². The average molecular weight is 344 g/mol. The van der Waals surface area contributed by atoms with E-state index in [0.29, 0.717) is 0 Å². The predicted molar refractivity (Wildman–Crippen MR) is 98.6 cm³/mol. The number of fused-ring (bicyclic) bond motifs is 2. The fourth-order valence-electron chi connectivity index (χ4n) is 3.04. The predicted octanol–water partition coefficient (Wildman–Crippen LogP) is 4.72. The Morgan fingerprint density at radius 2 is 2.00 bits per heavy atom. The molecule has 2 aromatic carbocycles. The highest BCUT2D eigenvalue weighted by molar-refractivity contribution is 7.99. The second-order valence-corrected chi connectivity index (χ2v) is 7.21. The van der Waals surface area contributed by atoms with Crippen LogP contribution in [0, 0.1) is 0 Å². The van der Waals surface area contributed by atoms with Gasteiger partial charge in [0.05, 0.1) is 17.2 Å². The summed E-state index contributed by atoms with van der Waals surface area (Å²) >= 11 is 8.05. The molecule has 4 rings (SSSR count). The molecule has 3 nitrogen and oxygen atoms in total. The Bertz CT molecular complexity index is 760. The van der Waals surface area contributed by atoms with Crippen molar-refractivity contribution in [3.8, 4) is 0 Å². The highest BCUT2D eigenvalue weighted by atomic mass is 35.5. The van der Waals surface area contributed by atoms with Gasteiger partial charge in [-0.3, -0.25) is 4.99 Å². The van der Waals surface area contributed by atoms with Gasteiger partial charge in [-0.05, 0) is 36.8 Å². The zero-order valence-corrected chi connectivity index (χ0v) is 14.3. The first-order valence-electron chi connectivity index (χ1n) is 7.92. The van der Waals surface area contributed by atoms with E-state index in [1.54, 1.807) is 0 Å². The van der Waals surface area contributed by atoms with E-state index in [0.717, 1.165) is 36.9 Å². The molecule has 0 unspecified atom stereocenters. The largest absolute Gasteiger partial charge is 0.372 e. The van der Waals surface area contributed by atoms with Gasteiger partial charge in [0.15, 0.2) is 0 Å². The van der Waals surface area contributed by atoms with Crippen molar-refractivity contribution in [3.05, 3.63) is 47.5 Å². The van der Waals surface area contributed by atoms with E-state index in [4.69, 9.17) is 11.6 Å². The maximum atomic E-state index is 6.24. The molecular formula is C18H18ClN3S. The normalized spacial score (nSPS) is 15.9. The molecule has 23 heavy (non-hydrogen) atoms. The van der Waals surface area contributed by atoms with Gasteiger partial charge in [-0.15, -0.1) is 0 Å². The van der Waals surface area contributed by atoms with Crippen LogP contribution in [0.2, 0.25) is 5.02 Å². The molecule has 118 valence electrons. The van der Waals surface area contributed by atoms with E-state index >= 15 is 0 Å². The van der Waals surface area contributed by atoms with Crippen LogP contribution in [0.5, 0.6) is 0 Å². The lowest BCUT2D eigenvalue weighted by Crippen LogP contribution is -2.33. The van der Waals surface area contributed by atoms with Crippen molar-refractivity contribution >= 4 is 40.6 Å². The van der Waals surface area contributed by atoms with E-state index in [2.05, 4.69) is 51.6 Å². The fraction of sp³-hybridized carbons (Fsp3) is 0.278. The molecule has 5 heteroatoms. The molecule has 0 spiro atoms. The van der Waals surface area contributed by atoms with Crippen molar-refractivity contribution in [1.82, 2.24) is 5.32 Å². The molecule has 0 atom stereocenters. The molecule has 0 amide bonds. The minimum atomic E-state index is 0.779. The minimum absolute atomic E-state index is 0.779. The van der Waals surface area contributed by atoms with Crippen LogP contribution in [0.25, 0.3) is 0 Å². The summed E-state index contributed by atoms with van der Waals surface area (Å²) in [6.07, 6.45) is 2.25. The van der Waals surface area contributed by atoms with Gasteiger partial charge in [0, 0.05) is 40.9 Å². The molecule has 0 saturated heterocycles. The smallest absolute Gasteiger partial charge is 0.0964 e. The van der Waals surface area contributed by atoms with Crippen molar-refractivity contribution in [2.75, 3.05) is 24.5 Å². The fourth-order valence-corrected chi connectivity index (χ4v) is 4.28. The van der Waals surface area contributed by atoms with Crippen LogP contribution in [-0.4, -0.2) is 25.5 Å². The van der Waals surface area contributed by atoms with Crippen LogP contribution < -0.4 is 10.2 Å². The number of hydrogen-bond acceptors (Lipinski definition) is 4. The molecule has 0 radical (unpaired) electrons. The van der Waals surface area contributed by atoms with E-state index < -0.39 is 0 Å². The Morgan fingerprint density at radius 1 is 1.13 bits per heavy atom. The van der Waals surface area contributed by atoms with Gasteiger partial charge < -0.3 is 10.2 Å². The number of aliphatic imine (C=N–C) groups is 1. The maximum Gasteiger partial charge on any atom is 0.0964 e. The second-order valence-electron chi connectivity index (χ2n) is 5.69. The summed E-state index contributed by atoms with van der Waals surface area (Å²) in [7, 11) is 0. The molecule has 2 aromatic rings. The monoisotopic (exact) mass is 343 g/mol. The zero-order valence-electron chi connectivity index (χ0n) is 12.8. The number of para-hydroxylation sites is 1. The summed E-state index contributed by atoms with van der Waals surface area (Å²) in [6, 6.07) is 14.7. The summed E-state index contributed by atoms with van der Waals surface area (Å²) in [5.41, 5.74) is 2.44. The summed E-state index contributed by atoms with van der Waals surface area (Å²) in [5, 5.41) is 4.25.